The van der Waals surface area contributed by atoms with Gasteiger partial charge in [0.1, 0.15) is 11.4 Å². The summed E-state index contributed by atoms with van der Waals surface area (Å²) in [6.45, 7) is 7.73. The van der Waals surface area contributed by atoms with E-state index >= 15 is 4.79 Å². The Bertz CT molecular complexity index is 2540. The van der Waals surface area contributed by atoms with Crippen LogP contribution < -0.4 is 11.5 Å². The number of guanidine groups is 1. The number of fused-ring (bicyclic) bond motifs is 3. The maximum absolute atomic E-state index is 16.3. The third kappa shape index (κ3) is 5.59. The normalized spacial score (nSPS) is 45.6. The van der Waals surface area contributed by atoms with Crippen molar-refractivity contribution >= 4 is 29.6 Å². The lowest BCUT2D eigenvalue weighted by Gasteiger charge is -2.71. The van der Waals surface area contributed by atoms with Gasteiger partial charge in [-0.05, 0) is 92.4 Å². The van der Waals surface area contributed by atoms with Crippen LogP contribution in [0.2, 0.25) is 0 Å². The van der Waals surface area contributed by atoms with E-state index < -0.39 is 85.7 Å². The van der Waals surface area contributed by atoms with Crippen LogP contribution in [0, 0.1) is 68.5 Å². The first kappa shape index (κ1) is 45.2. The van der Waals surface area contributed by atoms with E-state index in [-0.39, 0.29) is 74.0 Å². The number of aliphatic imine (C=N–C) groups is 1. The van der Waals surface area contributed by atoms with Crippen molar-refractivity contribution in [3.63, 3.8) is 0 Å². The van der Waals surface area contributed by atoms with Crippen molar-refractivity contribution in [1.29, 1.82) is 0 Å². The van der Waals surface area contributed by atoms with Gasteiger partial charge < -0.3 is 37.0 Å². The third-order valence-corrected chi connectivity index (χ3v) is 19.7. The van der Waals surface area contributed by atoms with Crippen LogP contribution in [0.15, 0.2) is 88.0 Å². The molecule has 1 aromatic carbocycles. The van der Waals surface area contributed by atoms with Gasteiger partial charge in [0.25, 0.3) is 0 Å². The van der Waals surface area contributed by atoms with Crippen LogP contribution in [0.3, 0.4) is 0 Å². The number of carboxylic acids is 1. The molecule has 0 saturated heterocycles. The number of carboxylic acid groups (broad SMARTS) is 1. The Kier molecular flexibility index (Phi) is 10.2. The fourth-order valence-corrected chi connectivity index (χ4v) is 17.6. The third-order valence-electron chi connectivity index (χ3n) is 19.7. The minimum Gasteiger partial charge on any atom is -0.478 e. The molecule has 9 aliphatic rings. The smallest absolute Gasteiger partial charge is 0.331 e. The van der Waals surface area contributed by atoms with Gasteiger partial charge in [-0.1, -0.05) is 94.3 Å². The molecule has 0 radical (unpaired) electrons. The molecular weight excluding hydrogens is 831 g/mol. The predicted molar refractivity (Wildman–Crippen MR) is 251 cm³/mol. The van der Waals surface area contributed by atoms with Crippen LogP contribution in [-0.4, -0.2) is 78.0 Å². The molecule has 9 N–H and O–H groups in total. The van der Waals surface area contributed by atoms with Crippen molar-refractivity contribution < 1.29 is 39.9 Å². The van der Waals surface area contributed by atoms with Gasteiger partial charge >= 0.3 is 5.97 Å². The molecule has 1 aromatic rings. The molecule has 14 atom stereocenters. The minimum atomic E-state index is -1.78. The Labute approximate surface area is 388 Å². The van der Waals surface area contributed by atoms with Gasteiger partial charge in [0.15, 0.2) is 11.7 Å². The monoisotopic (exact) mass is 897 g/mol. The first-order chi connectivity index (χ1) is 31.2. The molecule has 350 valence electrons. The molecule has 11 nitrogen and oxygen atoms in total. The van der Waals surface area contributed by atoms with Crippen molar-refractivity contribution in [3.8, 4) is 11.8 Å². The highest BCUT2D eigenvalue weighted by Gasteiger charge is 2.86. The van der Waals surface area contributed by atoms with Gasteiger partial charge in [0.05, 0.1) is 23.3 Å². The SMILES string of the molecule is CC(O)CC(C(=O)O)=C1CCC2(N=C(N)N)C=CC3(CC4(O)C=CC5(O)C6=C7C(=O)CC3(C3CCCC3)C64CCC#CCC3(C)C(=O)CCC7(C)C3C5C=Cc3ccccc3)C(C)C2C1O. The molecular formula is C55H67N3O8. The number of Topliss-reactive ketones (excluding diaryl/α,β-unsaturated/α-hetero) is 2. The number of nitrogens with two attached hydrogens (primary N) is 2. The Hall–Kier alpha value is -4.60. The summed E-state index contributed by atoms with van der Waals surface area (Å²) < 4.78 is 0. The number of nitrogens with zero attached hydrogens (tertiary/aromatic N) is 1. The second kappa shape index (κ2) is 14.9. The molecule has 0 aromatic heterocycles. The Morgan fingerprint density at radius 1 is 0.970 bits per heavy atom. The molecule has 10 rings (SSSR count). The zero-order chi connectivity index (χ0) is 47.0. The summed E-state index contributed by atoms with van der Waals surface area (Å²) in [5.41, 5.74) is 5.17. The number of benzene rings is 1. The van der Waals surface area contributed by atoms with Crippen LogP contribution in [0.5, 0.6) is 0 Å². The molecule has 66 heavy (non-hydrogen) atoms. The number of hydrogen-bond donors (Lipinski definition) is 7. The maximum atomic E-state index is 16.3. The Morgan fingerprint density at radius 3 is 2.38 bits per heavy atom. The number of aliphatic hydroxyl groups is 4. The molecule has 0 heterocycles. The van der Waals surface area contributed by atoms with E-state index in [1.54, 1.807) is 6.08 Å². The molecule has 0 aliphatic heterocycles. The van der Waals surface area contributed by atoms with Crippen molar-refractivity contribution in [2.75, 3.05) is 0 Å². The molecule has 2 spiro atoms. The van der Waals surface area contributed by atoms with Gasteiger partial charge in [-0.2, -0.15) is 0 Å². The lowest BCUT2D eigenvalue weighted by atomic mass is 9.32. The quantitative estimate of drug-likeness (QED) is 0.0518. The molecule has 4 saturated carbocycles. The predicted octanol–water partition coefficient (Wildman–Crippen LogP) is 6.50. The van der Waals surface area contributed by atoms with E-state index in [1.807, 2.05) is 55.5 Å². The molecule has 0 amide bonds. The van der Waals surface area contributed by atoms with Crippen LogP contribution in [0.1, 0.15) is 123 Å². The topological polar surface area (TPSA) is 217 Å². The highest BCUT2D eigenvalue weighted by molar-refractivity contribution is 6.02. The number of rotatable bonds is 7. The second-order valence-electron chi connectivity index (χ2n) is 22.6. The fourth-order valence-electron chi connectivity index (χ4n) is 17.6. The summed E-state index contributed by atoms with van der Waals surface area (Å²) in [6, 6.07) is 9.90. The largest absolute Gasteiger partial charge is 0.478 e. The van der Waals surface area contributed by atoms with Gasteiger partial charge in [0, 0.05) is 82.2 Å². The van der Waals surface area contributed by atoms with Crippen LogP contribution in [0.4, 0.5) is 0 Å². The number of aliphatic hydroxyl groups excluding tert-OH is 2. The van der Waals surface area contributed by atoms with Gasteiger partial charge in [-0.15, -0.1) is 11.8 Å². The van der Waals surface area contributed by atoms with Crippen LogP contribution in [0.25, 0.3) is 6.08 Å². The zero-order valence-electron chi connectivity index (χ0n) is 38.9. The van der Waals surface area contributed by atoms with E-state index in [0.717, 1.165) is 31.2 Å². The fraction of sp³-hybridized carbons (Fsp3) is 0.600. The van der Waals surface area contributed by atoms with Crippen molar-refractivity contribution in [1.82, 2.24) is 0 Å². The van der Waals surface area contributed by atoms with E-state index in [2.05, 4.69) is 37.8 Å². The Balaban J connectivity index is 1.30. The van der Waals surface area contributed by atoms with Gasteiger partial charge in [0.2, 0.25) is 0 Å². The summed E-state index contributed by atoms with van der Waals surface area (Å²) in [6.07, 6.45) is 15.2. The molecule has 9 aliphatic carbocycles. The second-order valence-corrected chi connectivity index (χ2v) is 22.6. The highest BCUT2D eigenvalue weighted by Crippen LogP contribution is 2.86. The van der Waals surface area contributed by atoms with Gasteiger partial charge in [-0.25, -0.2) is 9.79 Å². The summed E-state index contributed by atoms with van der Waals surface area (Å²) in [5, 5.41) is 62.6. The maximum Gasteiger partial charge on any atom is 0.331 e. The van der Waals surface area contributed by atoms with Crippen molar-refractivity contribution in [2.24, 2.45) is 73.1 Å². The lowest BCUT2D eigenvalue weighted by Crippen LogP contribution is -2.72. The number of aliphatic carboxylic acids is 1. The average Bonchev–Trinajstić information content (AvgIpc) is 3.86. The van der Waals surface area contributed by atoms with E-state index in [0.29, 0.717) is 36.0 Å². The first-order valence-corrected chi connectivity index (χ1v) is 24.5. The van der Waals surface area contributed by atoms with E-state index in [4.69, 9.17) is 16.5 Å². The van der Waals surface area contributed by atoms with Crippen LogP contribution >= 0.6 is 0 Å². The zero-order valence-corrected chi connectivity index (χ0v) is 38.9. The Morgan fingerprint density at radius 2 is 1.70 bits per heavy atom. The number of allylic oxidation sites excluding steroid dienone is 2. The summed E-state index contributed by atoms with van der Waals surface area (Å²) in [4.78, 5) is 48.7. The molecule has 14 unspecified atom stereocenters. The lowest BCUT2D eigenvalue weighted by molar-refractivity contribution is -0.183. The first-order valence-electron chi connectivity index (χ1n) is 24.5. The highest BCUT2D eigenvalue weighted by atomic mass is 16.4. The standard InChI is InChI=1S/C55H67N3O8/c1-32(59)29-37(46(63)64)36-19-24-51(58-47(56)57)26-25-50(33(2)41(51)43(36)62)31-52(65)27-28-53(66)38(18-17-34-13-7-5-8-14-34)44-48(3)21-11-6-12-22-54(52)45(53)42(49(44,4)23-20-40(48)61)39(60)30-55(50,54)35-15-9-10-16-35/h5,7-8,13-14,17-18,25-28,32-33,35,38,41,43-44,59,62,65-66H,9-10,12,15-16,19-24,29-31H2,1-4H3,(H,63,64)(H4,56,57,58). The molecule has 4 fully saturated rings. The van der Waals surface area contributed by atoms with E-state index in [1.165, 1.54) is 6.92 Å². The van der Waals surface area contributed by atoms with Gasteiger partial charge in [-0.3, -0.25) is 9.59 Å². The summed E-state index contributed by atoms with van der Waals surface area (Å²) in [5.74, 6) is 2.98. The van der Waals surface area contributed by atoms with Crippen LogP contribution in [-0.2, 0) is 14.4 Å². The minimum absolute atomic E-state index is 0.0374. The number of carbonyl (C=O) groups is 3. The number of carbonyl (C=O) groups excluding carboxylic acids is 2. The average molecular weight is 898 g/mol. The summed E-state index contributed by atoms with van der Waals surface area (Å²) >= 11 is 0. The number of ketones is 2. The van der Waals surface area contributed by atoms with Crippen molar-refractivity contribution in [2.45, 2.75) is 147 Å². The van der Waals surface area contributed by atoms with Crippen molar-refractivity contribution in [3.05, 3.63) is 88.6 Å². The molecule has 11 heteroatoms. The summed E-state index contributed by atoms with van der Waals surface area (Å²) in [7, 11) is 0. The molecule has 4 bridgehead atoms. The van der Waals surface area contributed by atoms with E-state index in [9.17, 15) is 35.1 Å². The number of hydrogen-bond acceptors (Lipinski definition) is 8.